The third-order valence-electron chi connectivity index (χ3n) is 4.00. The first-order valence-electron chi connectivity index (χ1n) is 6.20. The molecule has 86 valence electrons. The summed E-state index contributed by atoms with van der Waals surface area (Å²) in [5, 5.41) is 0. The normalized spacial score (nSPS) is 28.8. The minimum Gasteiger partial charge on any atom is -0.312 e. The summed E-state index contributed by atoms with van der Waals surface area (Å²) in [6.07, 6.45) is 1.26. The van der Waals surface area contributed by atoms with E-state index in [9.17, 15) is 4.79 Å². The predicted octanol–water partition coefficient (Wildman–Crippen LogP) is 1.29. The maximum absolute atomic E-state index is 11.8. The molecule has 3 heteroatoms. The van der Waals surface area contributed by atoms with Gasteiger partial charge in [-0.15, -0.1) is 0 Å². The zero-order valence-electron chi connectivity index (χ0n) is 9.72. The number of hydrogen-bond acceptors (Lipinski definition) is 2. The Hall–Kier alpha value is -1.09. The summed E-state index contributed by atoms with van der Waals surface area (Å²) in [7, 11) is 0. The molecule has 1 aromatic rings. The highest BCUT2D eigenvalue weighted by molar-refractivity contribution is 5.16. The van der Waals surface area contributed by atoms with Gasteiger partial charge in [0.1, 0.15) is 0 Å². The largest absolute Gasteiger partial charge is 0.312 e. The van der Waals surface area contributed by atoms with Crippen LogP contribution in [0.4, 0.5) is 0 Å². The van der Waals surface area contributed by atoms with Gasteiger partial charge in [0, 0.05) is 37.3 Å². The van der Waals surface area contributed by atoms with Crippen LogP contribution in [0.1, 0.15) is 25.0 Å². The first kappa shape index (κ1) is 10.1. The standard InChI is InChI=1S/C13H18N2O/c1-2-14-7-10-6-11(9-14)12-4-3-5-13(16)15(12)8-10/h3-5,10-11H,2,6-9H2,1H3/t10-,11+/m0/s1. The molecule has 0 amide bonds. The Balaban J connectivity index is 2.02. The lowest BCUT2D eigenvalue weighted by Gasteiger charge is -2.42. The van der Waals surface area contributed by atoms with Crippen molar-refractivity contribution in [2.24, 2.45) is 5.92 Å². The van der Waals surface area contributed by atoms with Crippen molar-refractivity contribution in [2.45, 2.75) is 25.8 Å². The minimum absolute atomic E-state index is 0.178. The second kappa shape index (κ2) is 3.74. The van der Waals surface area contributed by atoms with Crippen LogP contribution in [0.5, 0.6) is 0 Å². The highest BCUT2D eigenvalue weighted by Gasteiger charge is 2.33. The van der Waals surface area contributed by atoms with Gasteiger partial charge in [0.05, 0.1) is 0 Å². The fraction of sp³-hybridized carbons (Fsp3) is 0.615. The van der Waals surface area contributed by atoms with Crippen LogP contribution < -0.4 is 5.56 Å². The Morgan fingerprint density at radius 3 is 3.00 bits per heavy atom. The molecule has 3 nitrogen and oxygen atoms in total. The van der Waals surface area contributed by atoms with Crippen molar-refractivity contribution in [3.8, 4) is 0 Å². The van der Waals surface area contributed by atoms with Crippen LogP contribution in [-0.4, -0.2) is 29.1 Å². The lowest BCUT2D eigenvalue weighted by molar-refractivity contribution is 0.125. The van der Waals surface area contributed by atoms with Crippen molar-refractivity contribution in [2.75, 3.05) is 19.6 Å². The second-order valence-electron chi connectivity index (χ2n) is 5.05. The average Bonchev–Trinajstić information content (AvgIpc) is 2.30. The predicted molar refractivity (Wildman–Crippen MR) is 63.7 cm³/mol. The van der Waals surface area contributed by atoms with Crippen molar-refractivity contribution >= 4 is 0 Å². The zero-order chi connectivity index (χ0) is 11.1. The van der Waals surface area contributed by atoms with Crippen LogP contribution in [0.3, 0.4) is 0 Å². The number of likely N-dealkylation sites (tertiary alicyclic amines) is 1. The molecule has 1 fully saturated rings. The molecular weight excluding hydrogens is 200 g/mol. The number of hydrogen-bond donors (Lipinski definition) is 0. The molecule has 0 radical (unpaired) electrons. The fourth-order valence-corrected chi connectivity index (χ4v) is 3.25. The van der Waals surface area contributed by atoms with Gasteiger partial charge < -0.3 is 9.47 Å². The number of nitrogens with zero attached hydrogens (tertiary/aromatic N) is 2. The quantitative estimate of drug-likeness (QED) is 0.709. The van der Waals surface area contributed by atoms with Gasteiger partial charge >= 0.3 is 0 Å². The first-order valence-corrected chi connectivity index (χ1v) is 6.20. The minimum atomic E-state index is 0.178. The Morgan fingerprint density at radius 1 is 1.31 bits per heavy atom. The van der Waals surface area contributed by atoms with Crippen LogP contribution in [0, 0.1) is 5.92 Å². The highest BCUT2D eigenvalue weighted by atomic mass is 16.1. The number of pyridine rings is 1. The topological polar surface area (TPSA) is 25.2 Å². The molecule has 0 unspecified atom stereocenters. The number of fused-ring (bicyclic) bond motifs is 4. The molecule has 16 heavy (non-hydrogen) atoms. The van der Waals surface area contributed by atoms with Gasteiger partial charge in [0.25, 0.3) is 5.56 Å². The van der Waals surface area contributed by atoms with Crippen LogP contribution in [0.15, 0.2) is 23.0 Å². The molecule has 2 aliphatic rings. The fourth-order valence-electron chi connectivity index (χ4n) is 3.25. The van der Waals surface area contributed by atoms with E-state index < -0.39 is 0 Å². The van der Waals surface area contributed by atoms with Gasteiger partial charge in [-0.1, -0.05) is 13.0 Å². The average molecular weight is 218 g/mol. The van der Waals surface area contributed by atoms with Gasteiger partial charge in [-0.25, -0.2) is 0 Å². The maximum atomic E-state index is 11.8. The van der Waals surface area contributed by atoms with E-state index in [2.05, 4.69) is 17.9 Å². The van der Waals surface area contributed by atoms with E-state index in [0.29, 0.717) is 11.8 Å². The Kier molecular flexibility index (Phi) is 2.36. The molecule has 0 N–H and O–H groups in total. The van der Waals surface area contributed by atoms with Crippen molar-refractivity contribution in [1.82, 2.24) is 9.47 Å². The van der Waals surface area contributed by atoms with E-state index in [0.717, 1.165) is 26.2 Å². The molecule has 0 spiro atoms. The van der Waals surface area contributed by atoms with E-state index in [1.807, 2.05) is 10.6 Å². The maximum Gasteiger partial charge on any atom is 0.250 e. The molecule has 0 aromatic carbocycles. The summed E-state index contributed by atoms with van der Waals surface area (Å²) in [5.41, 5.74) is 1.43. The zero-order valence-corrected chi connectivity index (χ0v) is 9.72. The number of aromatic nitrogens is 1. The summed E-state index contributed by atoms with van der Waals surface area (Å²) in [5.74, 6) is 1.24. The third kappa shape index (κ3) is 1.50. The van der Waals surface area contributed by atoms with Gasteiger partial charge in [-0.05, 0) is 24.9 Å². The number of piperidine rings is 1. The van der Waals surface area contributed by atoms with Crippen LogP contribution in [0.2, 0.25) is 0 Å². The Bertz CT molecular complexity index is 451. The molecule has 1 aromatic heterocycles. The molecule has 3 heterocycles. The van der Waals surface area contributed by atoms with Gasteiger partial charge in [-0.3, -0.25) is 4.79 Å². The van der Waals surface area contributed by atoms with Gasteiger partial charge in [-0.2, -0.15) is 0 Å². The molecule has 0 aliphatic carbocycles. The first-order chi connectivity index (χ1) is 7.78. The Morgan fingerprint density at radius 2 is 2.19 bits per heavy atom. The summed E-state index contributed by atoms with van der Waals surface area (Å²) in [6.45, 7) is 6.55. The molecular formula is C13H18N2O. The van der Waals surface area contributed by atoms with E-state index in [1.165, 1.54) is 12.1 Å². The summed E-state index contributed by atoms with van der Waals surface area (Å²) >= 11 is 0. The van der Waals surface area contributed by atoms with E-state index >= 15 is 0 Å². The summed E-state index contributed by atoms with van der Waals surface area (Å²) < 4.78 is 1.99. The van der Waals surface area contributed by atoms with Crippen LogP contribution in [-0.2, 0) is 6.54 Å². The lowest BCUT2D eigenvalue weighted by Crippen LogP contribution is -2.46. The van der Waals surface area contributed by atoms with E-state index in [-0.39, 0.29) is 5.56 Å². The monoisotopic (exact) mass is 218 g/mol. The van der Waals surface area contributed by atoms with Crippen LogP contribution in [0.25, 0.3) is 0 Å². The van der Waals surface area contributed by atoms with Crippen molar-refractivity contribution in [3.63, 3.8) is 0 Å². The lowest BCUT2D eigenvalue weighted by atomic mass is 9.83. The molecule has 1 saturated heterocycles. The van der Waals surface area contributed by atoms with Gasteiger partial charge in [0.15, 0.2) is 0 Å². The summed E-state index contributed by atoms with van der Waals surface area (Å²) in [6, 6.07) is 5.71. The highest BCUT2D eigenvalue weighted by Crippen LogP contribution is 2.34. The molecule has 2 bridgehead atoms. The number of rotatable bonds is 1. The molecule has 3 rings (SSSR count). The second-order valence-corrected chi connectivity index (χ2v) is 5.05. The SMILES string of the molecule is CCN1C[C@@H]2C[C@H](C1)c1cccc(=O)n1C2. The van der Waals surface area contributed by atoms with Crippen molar-refractivity contribution in [3.05, 3.63) is 34.2 Å². The van der Waals surface area contributed by atoms with E-state index in [1.54, 1.807) is 6.07 Å². The van der Waals surface area contributed by atoms with Crippen molar-refractivity contribution < 1.29 is 0 Å². The summed E-state index contributed by atoms with van der Waals surface area (Å²) in [4.78, 5) is 14.3. The van der Waals surface area contributed by atoms with E-state index in [4.69, 9.17) is 0 Å². The molecule has 0 saturated carbocycles. The molecule has 2 aliphatic heterocycles. The number of likely N-dealkylation sites (N-methyl/N-ethyl adjacent to an activating group) is 1. The Labute approximate surface area is 95.7 Å². The van der Waals surface area contributed by atoms with Crippen molar-refractivity contribution in [1.29, 1.82) is 0 Å². The smallest absolute Gasteiger partial charge is 0.250 e. The van der Waals surface area contributed by atoms with Gasteiger partial charge in [0.2, 0.25) is 0 Å². The third-order valence-corrected chi connectivity index (χ3v) is 4.00. The molecule has 2 atom stereocenters. The van der Waals surface area contributed by atoms with Crippen LogP contribution >= 0.6 is 0 Å².